The van der Waals surface area contributed by atoms with E-state index in [1.54, 1.807) is 9.80 Å². The molecule has 3 fully saturated rings. The maximum Gasteiger partial charge on any atom is 0.410 e. The zero-order valence-electron chi connectivity index (χ0n) is 29.8. The van der Waals surface area contributed by atoms with Crippen molar-refractivity contribution in [2.45, 2.75) is 63.6 Å². The highest BCUT2D eigenvalue weighted by atomic mass is 32.2. The number of sulfonamides is 1. The number of ether oxygens (including phenoxy) is 1. The third kappa shape index (κ3) is 7.83. The predicted octanol–water partition coefficient (Wildman–Crippen LogP) is 2.34. The molecule has 280 valence electrons. The van der Waals surface area contributed by atoms with Gasteiger partial charge in [0.1, 0.15) is 0 Å². The maximum absolute atomic E-state index is 14.2. The van der Waals surface area contributed by atoms with Gasteiger partial charge in [0, 0.05) is 83.1 Å². The predicted molar refractivity (Wildman–Crippen MR) is 196 cm³/mol. The van der Waals surface area contributed by atoms with Crippen molar-refractivity contribution in [3.05, 3.63) is 63.6 Å². The van der Waals surface area contributed by atoms with Gasteiger partial charge in [0.2, 0.25) is 10.0 Å². The number of hydrogen-bond acceptors (Lipinski definition) is 8. The minimum absolute atomic E-state index is 0.0235. The molecule has 4 aliphatic rings. The number of aromatic amines is 2. The lowest BCUT2D eigenvalue weighted by Crippen LogP contribution is -2.55. The number of carbonyl (C=O) groups is 3. The standard InChI is InChI=1S/C36H48N8O7S/c1-24-21-25(22-30-32(24)39-34(46)37-30)23-31(33(45)41-12-8-27(9-13-41)40-17-19-43(20-18-40)52(2,49)50)51-36(48)42-14-10-28(11-15-42)44-16-7-26-5-3-4-6-29(26)38-35(44)47/h3-6,21-22,27-28,31H,7-20,23H2,1-2H3,(H,38,47)(H2,37,39,46)/t31-/m1/s1. The minimum atomic E-state index is -3.22. The molecule has 0 bridgehead atoms. The van der Waals surface area contributed by atoms with Crippen LogP contribution in [0.1, 0.15) is 42.4 Å². The number of fused-ring (bicyclic) bond motifs is 2. The number of H-pyrrole nitrogens is 2. The van der Waals surface area contributed by atoms with Gasteiger partial charge in [0.25, 0.3) is 5.91 Å². The van der Waals surface area contributed by atoms with Gasteiger partial charge >= 0.3 is 17.8 Å². The van der Waals surface area contributed by atoms with Crippen LogP contribution in [0.3, 0.4) is 0 Å². The van der Waals surface area contributed by atoms with Crippen LogP contribution in [0.2, 0.25) is 0 Å². The summed E-state index contributed by atoms with van der Waals surface area (Å²) < 4.78 is 31.5. The Morgan fingerprint density at radius 3 is 2.25 bits per heavy atom. The first-order valence-electron chi connectivity index (χ1n) is 18.2. The molecule has 1 atom stereocenters. The van der Waals surface area contributed by atoms with Gasteiger partial charge in [-0.05, 0) is 67.9 Å². The van der Waals surface area contributed by atoms with E-state index < -0.39 is 22.2 Å². The van der Waals surface area contributed by atoms with Crippen LogP contribution in [0.25, 0.3) is 11.0 Å². The number of piperazine rings is 1. The summed E-state index contributed by atoms with van der Waals surface area (Å²) in [6, 6.07) is 11.6. The number of imidazole rings is 1. The Hall–Kier alpha value is -4.41. The Morgan fingerprint density at radius 2 is 1.54 bits per heavy atom. The van der Waals surface area contributed by atoms with Crippen LogP contribution in [-0.4, -0.2) is 144 Å². The number of benzene rings is 2. The molecule has 0 aliphatic carbocycles. The fourth-order valence-corrected chi connectivity index (χ4v) is 9.08. The average molecular weight is 737 g/mol. The smallest absolute Gasteiger partial charge is 0.410 e. The van der Waals surface area contributed by atoms with Gasteiger partial charge in [0.15, 0.2) is 6.10 Å². The van der Waals surface area contributed by atoms with Gasteiger partial charge < -0.3 is 34.7 Å². The molecule has 3 aromatic rings. The van der Waals surface area contributed by atoms with Gasteiger partial charge in [-0.2, -0.15) is 4.31 Å². The SMILES string of the molecule is Cc1cc(C[C@@H](OC(=O)N2CCC(N3CCc4ccccc4NC3=O)CC2)C(=O)N2CCC(N3CCN(S(C)(=O)=O)CC3)CC2)cc2[nH]c(=O)[nH]c12. The summed E-state index contributed by atoms with van der Waals surface area (Å²) in [5.74, 6) is -0.260. The van der Waals surface area contributed by atoms with Crippen LogP contribution in [0, 0.1) is 6.92 Å². The lowest BCUT2D eigenvalue weighted by molar-refractivity contribution is -0.142. The third-order valence-electron chi connectivity index (χ3n) is 11.2. The minimum Gasteiger partial charge on any atom is -0.436 e. The summed E-state index contributed by atoms with van der Waals surface area (Å²) in [5, 5.41) is 3.03. The average Bonchev–Trinajstić information content (AvgIpc) is 3.43. The number of aromatic nitrogens is 2. The second-order valence-corrected chi connectivity index (χ2v) is 16.5. The summed E-state index contributed by atoms with van der Waals surface area (Å²) in [6.45, 7) is 6.50. The van der Waals surface area contributed by atoms with Crippen LogP contribution in [0.4, 0.5) is 15.3 Å². The van der Waals surface area contributed by atoms with Crippen molar-refractivity contribution in [3.63, 3.8) is 0 Å². The van der Waals surface area contributed by atoms with Crippen molar-refractivity contribution < 1.29 is 27.5 Å². The number of nitrogens with zero attached hydrogens (tertiary/aromatic N) is 5. The van der Waals surface area contributed by atoms with Gasteiger partial charge in [0.05, 0.1) is 17.3 Å². The highest BCUT2D eigenvalue weighted by Crippen LogP contribution is 2.26. The first kappa shape index (κ1) is 36.0. The maximum atomic E-state index is 14.2. The molecule has 5 heterocycles. The van der Waals surface area contributed by atoms with Crippen LogP contribution >= 0.6 is 0 Å². The van der Waals surface area contributed by atoms with Crippen LogP contribution < -0.4 is 11.0 Å². The number of aryl methyl sites for hydroxylation is 1. The number of anilines is 1. The second kappa shape index (κ2) is 14.9. The molecule has 0 unspecified atom stereocenters. The quantitative estimate of drug-likeness (QED) is 0.332. The van der Waals surface area contributed by atoms with E-state index >= 15 is 0 Å². The highest BCUT2D eigenvalue weighted by molar-refractivity contribution is 7.88. The number of para-hydroxylation sites is 1. The number of rotatable bonds is 7. The summed E-state index contributed by atoms with van der Waals surface area (Å²) in [4.78, 5) is 66.2. The molecule has 1 aromatic heterocycles. The molecule has 7 rings (SSSR count). The van der Waals surface area contributed by atoms with E-state index in [1.807, 2.05) is 48.2 Å². The molecule has 3 N–H and O–H groups in total. The van der Waals surface area contributed by atoms with E-state index in [4.69, 9.17) is 4.74 Å². The third-order valence-corrected chi connectivity index (χ3v) is 12.5. The molecule has 52 heavy (non-hydrogen) atoms. The molecule has 2 aromatic carbocycles. The van der Waals surface area contributed by atoms with E-state index in [0.29, 0.717) is 82.8 Å². The van der Waals surface area contributed by atoms with E-state index in [2.05, 4.69) is 20.2 Å². The Morgan fingerprint density at radius 1 is 0.865 bits per heavy atom. The first-order valence-corrected chi connectivity index (χ1v) is 20.1. The van der Waals surface area contributed by atoms with Gasteiger partial charge in [-0.1, -0.05) is 24.3 Å². The zero-order valence-corrected chi connectivity index (χ0v) is 30.6. The van der Waals surface area contributed by atoms with Crippen LogP contribution in [-0.2, 0) is 32.4 Å². The van der Waals surface area contributed by atoms with E-state index in [1.165, 1.54) is 10.6 Å². The Bertz CT molecular complexity index is 1970. The number of hydrogen-bond donors (Lipinski definition) is 3. The molecular weight excluding hydrogens is 689 g/mol. The zero-order chi connectivity index (χ0) is 36.6. The number of nitrogens with one attached hydrogen (secondary N) is 3. The lowest BCUT2D eigenvalue weighted by atomic mass is 9.99. The van der Waals surface area contributed by atoms with Crippen molar-refractivity contribution >= 4 is 44.8 Å². The molecular formula is C36H48N8O7S. The summed E-state index contributed by atoms with van der Waals surface area (Å²) >= 11 is 0. The molecule has 16 heteroatoms. The Kier molecular flexibility index (Phi) is 10.3. The Labute approximate surface area is 303 Å². The number of carbonyl (C=O) groups excluding carboxylic acids is 3. The number of urea groups is 1. The largest absolute Gasteiger partial charge is 0.436 e. The van der Waals surface area contributed by atoms with Crippen molar-refractivity contribution in [2.75, 3.05) is 70.5 Å². The molecule has 4 aliphatic heterocycles. The fourth-order valence-electron chi connectivity index (χ4n) is 8.25. The second-order valence-electron chi connectivity index (χ2n) is 14.5. The number of amides is 4. The van der Waals surface area contributed by atoms with Gasteiger partial charge in [-0.25, -0.2) is 22.8 Å². The van der Waals surface area contributed by atoms with Crippen molar-refractivity contribution in [1.82, 2.24) is 33.9 Å². The molecule has 15 nitrogen and oxygen atoms in total. The molecule has 4 amide bonds. The highest BCUT2D eigenvalue weighted by Gasteiger charge is 2.37. The van der Waals surface area contributed by atoms with Gasteiger partial charge in [-0.3, -0.25) is 9.69 Å². The summed E-state index contributed by atoms with van der Waals surface area (Å²) in [6.07, 6.45) is 3.18. The van der Waals surface area contributed by atoms with Crippen molar-refractivity contribution in [1.29, 1.82) is 0 Å². The van der Waals surface area contributed by atoms with Crippen LogP contribution in [0.15, 0.2) is 41.2 Å². The normalized spacial score (nSPS) is 20.7. The first-order chi connectivity index (χ1) is 24.9. The monoisotopic (exact) mass is 736 g/mol. The van der Waals surface area contributed by atoms with E-state index in [-0.39, 0.29) is 36.1 Å². The van der Waals surface area contributed by atoms with E-state index in [0.717, 1.165) is 41.6 Å². The summed E-state index contributed by atoms with van der Waals surface area (Å²) in [5.41, 5.74) is 4.53. The van der Waals surface area contributed by atoms with Gasteiger partial charge in [-0.15, -0.1) is 0 Å². The molecule has 0 spiro atoms. The van der Waals surface area contributed by atoms with E-state index in [9.17, 15) is 27.6 Å². The van der Waals surface area contributed by atoms with Crippen LogP contribution in [0.5, 0.6) is 0 Å². The van der Waals surface area contributed by atoms with Crippen molar-refractivity contribution in [2.24, 2.45) is 0 Å². The molecule has 3 saturated heterocycles. The Balaban J connectivity index is 0.997. The summed E-state index contributed by atoms with van der Waals surface area (Å²) in [7, 11) is -3.22. The van der Waals surface area contributed by atoms with Crippen molar-refractivity contribution in [3.8, 4) is 0 Å². The fraction of sp³-hybridized carbons (Fsp3) is 0.556. The molecule has 0 saturated carbocycles. The topological polar surface area (TPSA) is 171 Å². The number of piperidine rings is 2. The lowest BCUT2D eigenvalue weighted by Gasteiger charge is -2.42. The number of likely N-dealkylation sites (tertiary alicyclic amines) is 2. The molecule has 0 radical (unpaired) electrons.